The highest BCUT2D eigenvalue weighted by molar-refractivity contribution is 14.0. The summed E-state index contributed by atoms with van der Waals surface area (Å²) in [4.78, 5) is 23.5. The van der Waals surface area contributed by atoms with Crippen LogP contribution in [0.5, 0.6) is 0 Å². The summed E-state index contributed by atoms with van der Waals surface area (Å²) in [7, 11) is 0. The molecule has 1 aromatic carbocycles. The summed E-state index contributed by atoms with van der Waals surface area (Å²) in [5.74, 6) is 0.415. The molecule has 1 amide bonds. The molecule has 1 aliphatic rings. The van der Waals surface area contributed by atoms with Crippen LogP contribution in [-0.4, -0.2) is 47.9 Å². The number of halogens is 2. The second-order valence-corrected chi connectivity index (χ2v) is 8.31. The normalized spacial score (nSPS) is 13.6. The zero-order chi connectivity index (χ0) is 20.9. The largest absolute Gasteiger partial charge is 0.361 e. The van der Waals surface area contributed by atoms with Gasteiger partial charge < -0.3 is 20.5 Å². The van der Waals surface area contributed by atoms with E-state index in [0.29, 0.717) is 25.6 Å². The minimum absolute atomic E-state index is 0. The summed E-state index contributed by atoms with van der Waals surface area (Å²) in [6.07, 6.45) is 3.55. The Morgan fingerprint density at radius 1 is 1.32 bits per heavy atom. The quantitative estimate of drug-likeness (QED) is 0.247. The van der Waals surface area contributed by atoms with Crippen molar-refractivity contribution >= 4 is 58.1 Å². The number of hydrogen-bond acceptors (Lipinski definition) is 3. The Bertz CT molecular complexity index is 1060. The van der Waals surface area contributed by atoms with Gasteiger partial charge in [0.25, 0.3) is 0 Å². The van der Waals surface area contributed by atoms with Gasteiger partial charge in [-0.3, -0.25) is 4.79 Å². The Morgan fingerprint density at radius 2 is 2.19 bits per heavy atom. The number of amides is 1. The number of guanidine groups is 1. The SMILES string of the molecule is CCNC(=NCC(=O)N1CCc2sccc2C1)NCCc1c[nH]c2ccc(F)cc12.I. The molecule has 0 fully saturated rings. The third kappa shape index (κ3) is 5.76. The van der Waals surface area contributed by atoms with Crippen LogP contribution in [0.3, 0.4) is 0 Å². The smallest absolute Gasteiger partial charge is 0.244 e. The molecule has 0 saturated carbocycles. The van der Waals surface area contributed by atoms with Gasteiger partial charge in [0.2, 0.25) is 5.91 Å². The zero-order valence-electron chi connectivity index (χ0n) is 17.4. The molecule has 0 spiro atoms. The third-order valence-electron chi connectivity index (χ3n) is 5.29. The molecule has 0 atom stereocenters. The van der Waals surface area contributed by atoms with Crippen molar-refractivity contribution in [3.63, 3.8) is 0 Å². The van der Waals surface area contributed by atoms with Gasteiger partial charge in [0.15, 0.2) is 5.96 Å². The van der Waals surface area contributed by atoms with E-state index in [1.54, 1.807) is 23.5 Å². The van der Waals surface area contributed by atoms with Gasteiger partial charge in [0.1, 0.15) is 12.4 Å². The number of aliphatic imine (C=N–C) groups is 1. The number of aromatic amines is 1. The lowest BCUT2D eigenvalue weighted by Gasteiger charge is -2.26. The second-order valence-electron chi connectivity index (χ2n) is 7.31. The van der Waals surface area contributed by atoms with E-state index >= 15 is 0 Å². The Kier molecular flexibility index (Phi) is 8.30. The molecule has 0 unspecified atom stereocenters. The van der Waals surface area contributed by atoms with E-state index in [9.17, 15) is 9.18 Å². The standard InChI is InChI=1S/C22H26FN5OS.HI/c1-2-24-22(25-8-5-15-12-26-19-4-3-17(23)11-18(15)19)27-13-21(29)28-9-6-20-16(14-28)7-10-30-20;/h3-4,7,10-12,26H,2,5-6,8-9,13-14H2,1H3,(H2,24,25,27);1H. The molecule has 0 aliphatic carbocycles. The van der Waals surface area contributed by atoms with Gasteiger partial charge in [-0.1, -0.05) is 0 Å². The number of benzene rings is 1. The summed E-state index contributed by atoms with van der Waals surface area (Å²) in [6.45, 7) is 4.88. The van der Waals surface area contributed by atoms with E-state index in [2.05, 4.69) is 32.1 Å². The number of hydrogen-bond donors (Lipinski definition) is 3. The minimum Gasteiger partial charge on any atom is -0.361 e. The molecule has 3 N–H and O–H groups in total. The molecular formula is C22H27FIN5OS. The molecule has 31 heavy (non-hydrogen) atoms. The number of carbonyl (C=O) groups is 1. The van der Waals surface area contributed by atoms with Crippen molar-refractivity contribution in [3.05, 3.63) is 57.7 Å². The van der Waals surface area contributed by atoms with Gasteiger partial charge in [-0.2, -0.15) is 0 Å². The Labute approximate surface area is 202 Å². The number of aromatic nitrogens is 1. The molecule has 4 rings (SSSR count). The fourth-order valence-corrected chi connectivity index (χ4v) is 4.61. The Morgan fingerprint density at radius 3 is 3.03 bits per heavy atom. The molecule has 3 aromatic rings. The maximum atomic E-state index is 13.5. The minimum atomic E-state index is -0.239. The fourth-order valence-electron chi connectivity index (χ4n) is 3.72. The molecule has 0 radical (unpaired) electrons. The number of carbonyl (C=O) groups excluding carboxylic acids is 1. The van der Waals surface area contributed by atoms with Crippen molar-refractivity contribution in [3.8, 4) is 0 Å². The molecule has 0 bridgehead atoms. The summed E-state index contributed by atoms with van der Waals surface area (Å²) < 4.78 is 13.5. The van der Waals surface area contributed by atoms with Crippen LogP contribution in [0.2, 0.25) is 0 Å². The van der Waals surface area contributed by atoms with Gasteiger partial charge >= 0.3 is 0 Å². The first kappa shape index (κ1) is 23.5. The third-order valence-corrected chi connectivity index (χ3v) is 6.32. The van der Waals surface area contributed by atoms with Gasteiger partial charge in [0, 0.05) is 48.2 Å². The molecule has 6 nitrogen and oxygen atoms in total. The summed E-state index contributed by atoms with van der Waals surface area (Å²) >= 11 is 1.76. The van der Waals surface area contributed by atoms with Crippen molar-refractivity contribution in [2.24, 2.45) is 4.99 Å². The monoisotopic (exact) mass is 555 g/mol. The van der Waals surface area contributed by atoms with Crippen molar-refractivity contribution in [1.82, 2.24) is 20.5 Å². The zero-order valence-corrected chi connectivity index (χ0v) is 20.6. The average Bonchev–Trinajstić information content (AvgIpc) is 3.38. The fraction of sp³-hybridized carbons (Fsp3) is 0.364. The van der Waals surface area contributed by atoms with Crippen molar-refractivity contribution < 1.29 is 9.18 Å². The first-order valence-electron chi connectivity index (χ1n) is 10.2. The van der Waals surface area contributed by atoms with Crippen LogP contribution in [0.1, 0.15) is 22.9 Å². The van der Waals surface area contributed by atoms with E-state index in [4.69, 9.17) is 0 Å². The summed E-state index contributed by atoms with van der Waals surface area (Å²) in [5, 5.41) is 9.44. The number of fused-ring (bicyclic) bond motifs is 2. The van der Waals surface area contributed by atoms with Crippen molar-refractivity contribution in [2.75, 3.05) is 26.2 Å². The van der Waals surface area contributed by atoms with Gasteiger partial charge in [-0.25, -0.2) is 9.38 Å². The molecule has 2 aromatic heterocycles. The van der Waals surface area contributed by atoms with E-state index in [0.717, 1.165) is 35.9 Å². The molecule has 166 valence electrons. The van der Waals surface area contributed by atoms with Gasteiger partial charge in [-0.15, -0.1) is 35.3 Å². The maximum absolute atomic E-state index is 13.5. The van der Waals surface area contributed by atoms with E-state index in [1.807, 2.05) is 18.0 Å². The van der Waals surface area contributed by atoms with Crippen LogP contribution in [0, 0.1) is 5.82 Å². The number of thiophene rings is 1. The topological polar surface area (TPSA) is 72.5 Å². The average molecular weight is 555 g/mol. The van der Waals surface area contributed by atoms with Gasteiger partial charge in [-0.05, 0) is 60.5 Å². The predicted octanol–water partition coefficient (Wildman–Crippen LogP) is 3.67. The highest BCUT2D eigenvalue weighted by atomic mass is 127. The maximum Gasteiger partial charge on any atom is 0.244 e. The van der Waals surface area contributed by atoms with E-state index in [-0.39, 0.29) is 42.2 Å². The van der Waals surface area contributed by atoms with Crippen LogP contribution >= 0.6 is 35.3 Å². The van der Waals surface area contributed by atoms with Gasteiger partial charge in [0.05, 0.1) is 0 Å². The van der Waals surface area contributed by atoms with Crippen molar-refractivity contribution in [1.29, 1.82) is 0 Å². The number of H-pyrrole nitrogens is 1. The summed E-state index contributed by atoms with van der Waals surface area (Å²) in [5.41, 5.74) is 3.22. The highest BCUT2D eigenvalue weighted by Gasteiger charge is 2.21. The van der Waals surface area contributed by atoms with Crippen LogP contribution in [0.15, 0.2) is 40.8 Å². The van der Waals surface area contributed by atoms with E-state index < -0.39 is 0 Å². The lowest BCUT2D eigenvalue weighted by Crippen LogP contribution is -2.40. The van der Waals surface area contributed by atoms with Crippen LogP contribution in [-0.2, 0) is 24.2 Å². The van der Waals surface area contributed by atoms with Crippen LogP contribution in [0.25, 0.3) is 10.9 Å². The molecule has 9 heteroatoms. The first-order chi connectivity index (χ1) is 14.6. The Balaban J connectivity index is 0.00000272. The van der Waals surface area contributed by atoms with Crippen molar-refractivity contribution in [2.45, 2.75) is 26.3 Å². The first-order valence-corrected chi connectivity index (χ1v) is 11.1. The number of nitrogens with zero attached hydrogens (tertiary/aromatic N) is 2. The second kappa shape index (κ2) is 10.9. The lowest BCUT2D eigenvalue weighted by atomic mass is 10.1. The number of nitrogens with one attached hydrogen (secondary N) is 3. The highest BCUT2D eigenvalue weighted by Crippen LogP contribution is 2.24. The summed E-state index contributed by atoms with van der Waals surface area (Å²) in [6, 6.07) is 6.86. The number of rotatable bonds is 6. The Hall–Kier alpha value is -2.14. The van der Waals surface area contributed by atoms with E-state index in [1.165, 1.54) is 16.5 Å². The van der Waals surface area contributed by atoms with Crippen LogP contribution < -0.4 is 10.6 Å². The molecule has 0 saturated heterocycles. The van der Waals surface area contributed by atoms with Crippen LogP contribution in [0.4, 0.5) is 4.39 Å². The molecule has 1 aliphatic heterocycles. The molecule has 3 heterocycles. The lowest BCUT2D eigenvalue weighted by molar-refractivity contribution is -0.130. The molecular weight excluding hydrogens is 528 g/mol. The predicted molar refractivity (Wildman–Crippen MR) is 135 cm³/mol.